The number of imide groups is 1. The minimum atomic E-state index is -1.46. The molecular formula is C25H23N3O4. The number of amides is 3. The van der Waals surface area contributed by atoms with Crippen LogP contribution in [0.25, 0.3) is 10.9 Å². The van der Waals surface area contributed by atoms with Crippen LogP contribution in [0.5, 0.6) is 5.75 Å². The Bertz CT molecular complexity index is 1300. The zero-order valence-electron chi connectivity index (χ0n) is 18.4. The number of aromatic nitrogens is 1. The Morgan fingerprint density at radius 2 is 1.78 bits per heavy atom. The number of carbonyl (C=O) groups excluding carboxylic acids is 3. The Morgan fingerprint density at radius 1 is 1.03 bits per heavy atom. The van der Waals surface area contributed by atoms with E-state index < -0.39 is 17.0 Å². The lowest BCUT2D eigenvalue weighted by atomic mass is 9.87. The van der Waals surface area contributed by atoms with Gasteiger partial charge in [-0.15, -0.1) is 0 Å². The fourth-order valence-corrected chi connectivity index (χ4v) is 4.92. The summed E-state index contributed by atoms with van der Waals surface area (Å²) in [5.74, 6) is -0.555. The first-order chi connectivity index (χ1) is 15.2. The zero-order chi connectivity index (χ0) is 22.8. The number of fused-ring (bicyclic) bond motifs is 3. The van der Waals surface area contributed by atoms with Crippen molar-refractivity contribution >= 4 is 34.3 Å². The molecule has 0 radical (unpaired) electrons. The molecule has 32 heavy (non-hydrogen) atoms. The molecule has 1 fully saturated rings. The van der Waals surface area contributed by atoms with E-state index in [1.807, 2.05) is 45.0 Å². The summed E-state index contributed by atoms with van der Waals surface area (Å²) in [7, 11) is 1.52. The van der Waals surface area contributed by atoms with E-state index in [-0.39, 0.29) is 18.2 Å². The van der Waals surface area contributed by atoms with Gasteiger partial charge in [0.1, 0.15) is 5.75 Å². The van der Waals surface area contributed by atoms with Crippen molar-refractivity contribution in [2.24, 2.45) is 0 Å². The van der Waals surface area contributed by atoms with E-state index in [1.54, 1.807) is 30.5 Å². The molecule has 0 saturated carbocycles. The smallest absolute Gasteiger partial charge is 0.261 e. The van der Waals surface area contributed by atoms with Crippen molar-refractivity contribution in [2.75, 3.05) is 12.0 Å². The molecule has 1 saturated heterocycles. The maximum absolute atomic E-state index is 14.0. The number of benzene rings is 2. The summed E-state index contributed by atoms with van der Waals surface area (Å²) >= 11 is 0. The average Bonchev–Trinajstić information content (AvgIpc) is 3.17. The second kappa shape index (κ2) is 6.63. The summed E-state index contributed by atoms with van der Waals surface area (Å²) in [6.07, 6.45) is 1.52. The largest absolute Gasteiger partial charge is 0.497 e. The Kier molecular flexibility index (Phi) is 4.18. The lowest BCUT2D eigenvalue weighted by molar-refractivity contribution is -0.145. The highest BCUT2D eigenvalue weighted by atomic mass is 16.5. The van der Waals surface area contributed by atoms with Gasteiger partial charge in [0.2, 0.25) is 5.91 Å². The average molecular weight is 429 g/mol. The summed E-state index contributed by atoms with van der Waals surface area (Å²) in [6, 6.07) is 14.3. The van der Waals surface area contributed by atoms with Crippen LogP contribution in [-0.2, 0) is 15.1 Å². The molecule has 1 aromatic heterocycles. The van der Waals surface area contributed by atoms with Crippen molar-refractivity contribution in [3.63, 3.8) is 0 Å². The SMILES string of the molecule is COc1ccc2c(c1)C(=O)N(c1cccc3cccnc13)[C@@]21CC(=O)N(C(C)(C)C)C1=O. The van der Waals surface area contributed by atoms with Gasteiger partial charge in [0.15, 0.2) is 5.54 Å². The van der Waals surface area contributed by atoms with Gasteiger partial charge in [-0.2, -0.15) is 0 Å². The Morgan fingerprint density at radius 3 is 2.47 bits per heavy atom. The Balaban J connectivity index is 1.82. The van der Waals surface area contributed by atoms with E-state index in [9.17, 15) is 14.4 Å². The molecular weight excluding hydrogens is 406 g/mol. The Labute approximate surface area is 185 Å². The number of hydrogen-bond acceptors (Lipinski definition) is 5. The molecule has 1 atom stereocenters. The van der Waals surface area contributed by atoms with Crippen molar-refractivity contribution < 1.29 is 19.1 Å². The number of ether oxygens (including phenoxy) is 1. The number of pyridine rings is 1. The van der Waals surface area contributed by atoms with E-state index in [0.29, 0.717) is 28.1 Å². The lowest BCUT2D eigenvalue weighted by Gasteiger charge is -2.36. The predicted molar refractivity (Wildman–Crippen MR) is 119 cm³/mol. The molecule has 3 aromatic rings. The molecule has 7 nitrogen and oxygen atoms in total. The molecule has 3 heterocycles. The quantitative estimate of drug-likeness (QED) is 0.581. The fraction of sp³-hybridized carbons (Fsp3) is 0.280. The van der Waals surface area contributed by atoms with Crippen molar-refractivity contribution in [1.82, 2.24) is 9.88 Å². The monoisotopic (exact) mass is 429 g/mol. The third kappa shape index (κ3) is 2.54. The highest BCUT2D eigenvalue weighted by Gasteiger charge is 2.64. The van der Waals surface area contributed by atoms with Crippen LogP contribution in [0.15, 0.2) is 54.7 Å². The van der Waals surface area contributed by atoms with Crippen LogP contribution in [-0.4, -0.2) is 40.3 Å². The van der Waals surface area contributed by atoms with Crippen LogP contribution in [0.2, 0.25) is 0 Å². The highest BCUT2D eigenvalue weighted by Crippen LogP contribution is 2.51. The van der Waals surface area contributed by atoms with Crippen molar-refractivity contribution in [1.29, 1.82) is 0 Å². The van der Waals surface area contributed by atoms with Crippen LogP contribution in [0, 0.1) is 0 Å². The summed E-state index contributed by atoms with van der Waals surface area (Å²) < 4.78 is 5.33. The van der Waals surface area contributed by atoms with E-state index in [0.717, 1.165) is 5.39 Å². The molecule has 7 heteroatoms. The Hall–Kier alpha value is -3.74. The first-order valence-corrected chi connectivity index (χ1v) is 10.4. The van der Waals surface area contributed by atoms with Gasteiger partial charge in [0, 0.05) is 28.2 Å². The molecule has 0 N–H and O–H groups in total. The van der Waals surface area contributed by atoms with Crippen LogP contribution < -0.4 is 9.64 Å². The number of methoxy groups -OCH3 is 1. The first kappa shape index (κ1) is 20.2. The maximum atomic E-state index is 14.0. The summed E-state index contributed by atoms with van der Waals surface area (Å²) in [6.45, 7) is 5.45. The number of anilines is 1. The minimum absolute atomic E-state index is 0.128. The summed E-state index contributed by atoms with van der Waals surface area (Å²) in [4.78, 5) is 48.3. The number of likely N-dealkylation sites (tertiary alicyclic amines) is 1. The number of rotatable bonds is 2. The van der Waals surface area contributed by atoms with Crippen molar-refractivity contribution in [3.05, 3.63) is 65.9 Å². The van der Waals surface area contributed by atoms with Crippen molar-refractivity contribution in [2.45, 2.75) is 38.3 Å². The molecule has 0 unspecified atom stereocenters. The second-order valence-corrected chi connectivity index (χ2v) is 9.15. The summed E-state index contributed by atoms with van der Waals surface area (Å²) in [5, 5.41) is 0.839. The van der Waals surface area contributed by atoms with Gasteiger partial charge in [-0.3, -0.25) is 29.2 Å². The molecule has 5 rings (SSSR count). The highest BCUT2D eigenvalue weighted by molar-refractivity contribution is 6.24. The zero-order valence-corrected chi connectivity index (χ0v) is 18.4. The number of nitrogens with zero attached hydrogens (tertiary/aromatic N) is 3. The fourth-order valence-electron chi connectivity index (χ4n) is 4.92. The number of para-hydroxylation sites is 1. The summed E-state index contributed by atoms with van der Waals surface area (Å²) in [5.41, 5.74) is -0.222. The van der Waals surface area contributed by atoms with E-state index in [4.69, 9.17) is 4.74 Å². The van der Waals surface area contributed by atoms with Gasteiger partial charge in [-0.25, -0.2) is 0 Å². The van der Waals surface area contributed by atoms with E-state index in [2.05, 4.69) is 4.98 Å². The van der Waals surface area contributed by atoms with Gasteiger partial charge in [0.05, 0.1) is 24.7 Å². The van der Waals surface area contributed by atoms with Gasteiger partial charge < -0.3 is 4.74 Å². The van der Waals surface area contributed by atoms with Gasteiger partial charge in [0.25, 0.3) is 11.8 Å². The molecule has 0 aliphatic carbocycles. The van der Waals surface area contributed by atoms with Crippen LogP contribution >= 0.6 is 0 Å². The molecule has 162 valence electrons. The molecule has 2 aromatic carbocycles. The topological polar surface area (TPSA) is 79.8 Å². The number of hydrogen-bond donors (Lipinski definition) is 0. The maximum Gasteiger partial charge on any atom is 0.261 e. The standard InChI is InChI=1S/C25H23N3O4/c1-24(2,3)28-20(29)14-25(23(28)31)18-11-10-16(32-4)13-17(18)22(30)27(25)19-9-5-7-15-8-6-12-26-21(15)19/h5-13H,14H2,1-4H3/t25-/m0/s1. The van der Waals surface area contributed by atoms with Crippen molar-refractivity contribution in [3.8, 4) is 5.75 Å². The molecule has 0 bridgehead atoms. The van der Waals surface area contributed by atoms with Crippen LogP contribution in [0.4, 0.5) is 5.69 Å². The van der Waals surface area contributed by atoms with Crippen LogP contribution in [0.1, 0.15) is 43.1 Å². The predicted octanol–water partition coefficient (Wildman–Crippen LogP) is 3.66. The molecule has 2 aliphatic rings. The minimum Gasteiger partial charge on any atom is -0.497 e. The molecule has 2 aliphatic heterocycles. The third-order valence-electron chi connectivity index (χ3n) is 6.22. The third-order valence-corrected chi connectivity index (χ3v) is 6.22. The molecule has 3 amide bonds. The first-order valence-electron chi connectivity index (χ1n) is 10.4. The lowest BCUT2D eigenvalue weighted by Crippen LogP contribution is -2.53. The van der Waals surface area contributed by atoms with E-state index in [1.165, 1.54) is 16.9 Å². The molecule has 1 spiro atoms. The van der Waals surface area contributed by atoms with Crippen LogP contribution in [0.3, 0.4) is 0 Å². The van der Waals surface area contributed by atoms with E-state index >= 15 is 0 Å². The van der Waals surface area contributed by atoms with Gasteiger partial charge in [-0.05, 0) is 45.0 Å². The normalized spacial score (nSPS) is 20.6. The second-order valence-electron chi connectivity index (χ2n) is 9.15. The number of carbonyl (C=O) groups is 3. The van der Waals surface area contributed by atoms with Gasteiger partial charge in [-0.1, -0.05) is 24.3 Å². The van der Waals surface area contributed by atoms with Gasteiger partial charge >= 0.3 is 0 Å².